The van der Waals surface area contributed by atoms with E-state index in [0.717, 1.165) is 6.07 Å². The number of anilines is 1. The highest BCUT2D eigenvalue weighted by Gasteiger charge is 2.21. The van der Waals surface area contributed by atoms with E-state index in [4.69, 9.17) is 16.3 Å². The predicted octanol–water partition coefficient (Wildman–Crippen LogP) is 3.27. The first-order chi connectivity index (χ1) is 11.7. The molecule has 3 N–H and O–H groups in total. The van der Waals surface area contributed by atoms with Crippen LogP contribution in [0, 0.1) is 19.7 Å². The number of aliphatic hydroxyl groups is 1. The second-order valence-corrected chi connectivity index (χ2v) is 6.02. The number of amides is 1. The molecule has 0 fully saturated rings. The number of H-pyrrole nitrogens is 1. The van der Waals surface area contributed by atoms with E-state index >= 15 is 0 Å². The average molecular weight is 369 g/mol. The lowest BCUT2D eigenvalue weighted by atomic mass is 10.1. The molecular weight excluding hydrogens is 351 g/mol. The fraction of sp³-hybridized carbons (Fsp3) is 0.294. The molecule has 0 radical (unpaired) electrons. The molecule has 1 heterocycles. The summed E-state index contributed by atoms with van der Waals surface area (Å²) in [6.45, 7) is 4.39. The average Bonchev–Trinajstić information content (AvgIpc) is 2.83. The number of carbonyl (C=O) groups excluding carboxylic acids is 2. The largest absolute Gasteiger partial charge is 0.451 e. The van der Waals surface area contributed by atoms with Crippen LogP contribution in [0.1, 0.15) is 40.3 Å². The standard InChI is InChI=1S/C17H18ClFN2O4/c1-8-15(10(3)22)9(2)20-16(8)17(24)25-7-14(23)21-13-6-11(18)4-5-12(13)19/h4-6,10,20,22H,7H2,1-3H3,(H,21,23)/t10-/m0/s1. The maximum atomic E-state index is 13.6. The van der Waals surface area contributed by atoms with Crippen LogP contribution in [0.4, 0.5) is 10.1 Å². The van der Waals surface area contributed by atoms with Crippen molar-refractivity contribution in [1.29, 1.82) is 0 Å². The number of hydrogen-bond acceptors (Lipinski definition) is 4. The first-order valence-corrected chi connectivity index (χ1v) is 7.87. The molecule has 1 aromatic heterocycles. The van der Waals surface area contributed by atoms with Gasteiger partial charge in [-0.25, -0.2) is 9.18 Å². The van der Waals surface area contributed by atoms with Crippen LogP contribution in [-0.4, -0.2) is 28.6 Å². The second kappa shape index (κ2) is 7.67. The van der Waals surface area contributed by atoms with Crippen molar-refractivity contribution < 1.29 is 23.8 Å². The van der Waals surface area contributed by atoms with Crippen LogP contribution in [0.25, 0.3) is 0 Å². The van der Waals surface area contributed by atoms with Crippen LogP contribution >= 0.6 is 11.6 Å². The number of rotatable bonds is 5. The zero-order valence-corrected chi connectivity index (χ0v) is 14.7. The molecule has 1 amide bonds. The summed E-state index contributed by atoms with van der Waals surface area (Å²) in [6.07, 6.45) is -0.744. The summed E-state index contributed by atoms with van der Waals surface area (Å²) in [6, 6.07) is 3.72. The Balaban J connectivity index is 2.01. The third-order valence-electron chi connectivity index (χ3n) is 3.65. The molecule has 0 spiro atoms. The highest BCUT2D eigenvalue weighted by atomic mass is 35.5. The molecule has 0 aliphatic carbocycles. The normalized spacial score (nSPS) is 11.9. The molecule has 2 aromatic rings. The predicted molar refractivity (Wildman–Crippen MR) is 91.2 cm³/mol. The van der Waals surface area contributed by atoms with Crippen molar-refractivity contribution in [2.75, 3.05) is 11.9 Å². The van der Waals surface area contributed by atoms with Crippen LogP contribution in [-0.2, 0) is 9.53 Å². The summed E-state index contributed by atoms with van der Waals surface area (Å²) < 4.78 is 18.5. The molecule has 25 heavy (non-hydrogen) atoms. The maximum Gasteiger partial charge on any atom is 0.355 e. The number of aromatic nitrogens is 1. The van der Waals surface area contributed by atoms with Crippen LogP contribution in [0.3, 0.4) is 0 Å². The van der Waals surface area contributed by atoms with E-state index in [1.54, 1.807) is 20.8 Å². The van der Waals surface area contributed by atoms with E-state index in [1.165, 1.54) is 12.1 Å². The van der Waals surface area contributed by atoms with Gasteiger partial charge in [-0.1, -0.05) is 11.6 Å². The van der Waals surface area contributed by atoms with E-state index in [9.17, 15) is 19.1 Å². The van der Waals surface area contributed by atoms with Crippen molar-refractivity contribution >= 4 is 29.2 Å². The molecule has 0 saturated carbocycles. The third kappa shape index (κ3) is 4.37. The van der Waals surface area contributed by atoms with Gasteiger partial charge in [0.25, 0.3) is 5.91 Å². The number of halogens is 2. The Morgan fingerprint density at radius 2 is 2.08 bits per heavy atom. The van der Waals surface area contributed by atoms with Gasteiger partial charge in [-0.3, -0.25) is 4.79 Å². The molecule has 0 aliphatic rings. The number of esters is 1. The van der Waals surface area contributed by atoms with Crippen molar-refractivity contribution in [3.63, 3.8) is 0 Å². The topological polar surface area (TPSA) is 91.4 Å². The molecule has 0 unspecified atom stereocenters. The molecule has 0 bridgehead atoms. The van der Waals surface area contributed by atoms with Crippen LogP contribution in [0.2, 0.25) is 5.02 Å². The molecule has 1 aromatic carbocycles. The molecule has 0 aliphatic heterocycles. The van der Waals surface area contributed by atoms with Crippen molar-refractivity contribution in [2.45, 2.75) is 26.9 Å². The number of benzene rings is 1. The van der Waals surface area contributed by atoms with Gasteiger partial charge in [0.2, 0.25) is 0 Å². The van der Waals surface area contributed by atoms with Gasteiger partial charge >= 0.3 is 5.97 Å². The monoisotopic (exact) mass is 368 g/mol. The summed E-state index contributed by atoms with van der Waals surface area (Å²) in [5.74, 6) is -2.10. The SMILES string of the molecule is Cc1[nH]c(C(=O)OCC(=O)Nc2cc(Cl)ccc2F)c(C)c1[C@H](C)O. The Labute approximate surface area is 149 Å². The Kier molecular flexibility index (Phi) is 5.81. The lowest BCUT2D eigenvalue weighted by molar-refractivity contribution is -0.119. The number of nitrogens with one attached hydrogen (secondary N) is 2. The zero-order valence-electron chi connectivity index (χ0n) is 13.9. The third-order valence-corrected chi connectivity index (χ3v) is 3.89. The van der Waals surface area contributed by atoms with Gasteiger partial charge in [0.1, 0.15) is 11.5 Å². The fourth-order valence-electron chi connectivity index (χ4n) is 2.58. The minimum absolute atomic E-state index is 0.100. The van der Waals surface area contributed by atoms with Gasteiger partial charge in [-0.2, -0.15) is 0 Å². The molecule has 2 rings (SSSR count). The van der Waals surface area contributed by atoms with Crippen LogP contribution in [0.5, 0.6) is 0 Å². The van der Waals surface area contributed by atoms with E-state index in [2.05, 4.69) is 10.3 Å². The van der Waals surface area contributed by atoms with Gasteiger partial charge < -0.3 is 20.1 Å². The summed E-state index contributed by atoms with van der Waals surface area (Å²) in [5.41, 5.74) is 1.87. The summed E-state index contributed by atoms with van der Waals surface area (Å²) in [7, 11) is 0. The second-order valence-electron chi connectivity index (χ2n) is 5.59. The Bertz CT molecular complexity index is 817. The van der Waals surface area contributed by atoms with Crippen LogP contribution in [0.15, 0.2) is 18.2 Å². The highest BCUT2D eigenvalue weighted by molar-refractivity contribution is 6.30. The lowest BCUT2D eigenvalue weighted by Crippen LogP contribution is -2.22. The Morgan fingerprint density at radius 3 is 2.68 bits per heavy atom. The highest BCUT2D eigenvalue weighted by Crippen LogP contribution is 2.25. The summed E-state index contributed by atoms with van der Waals surface area (Å²) >= 11 is 5.74. The molecule has 0 saturated heterocycles. The number of hydrogen-bond donors (Lipinski definition) is 3. The minimum atomic E-state index is -0.744. The molecule has 6 nitrogen and oxygen atoms in total. The zero-order chi connectivity index (χ0) is 18.7. The van der Waals surface area contributed by atoms with Crippen LogP contribution < -0.4 is 5.32 Å². The van der Waals surface area contributed by atoms with Gasteiger partial charge in [-0.05, 0) is 44.5 Å². The van der Waals surface area contributed by atoms with Crippen molar-refractivity contribution in [2.24, 2.45) is 0 Å². The molecule has 134 valence electrons. The van der Waals surface area contributed by atoms with Crippen molar-refractivity contribution in [3.05, 3.63) is 51.6 Å². The Morgan fingerprint density at radius 1 is 1.40 bits per heavy atom. The van der Waals surface area contributed by atoms with Crippen molar-refractivity contribution in [3.8, 4) is 0 Å². The fourth-order valence-corrected chi connectivity index (χ4v) is 2.75. The quantitative estimate of drug-likeness (QED) is 0.706. The number of aliphatic hydroxyl groups excluding tert-OH is 1. The first-order valence-electron chi connectivity index (χ1n) is 7.49. The molecular formula is C17H18ClFN2O4. The smallest absolute Gasteiger partial charge is 0.355 e. The van der Waals surface area contributed by atoms with E-state index in [-0.39, 0.29) is 16.4 Å². The van der Waals surface area contributed by atoms with E-state index in [0.29, 0.717) is 16.8 Å². The Hall–Kier alpha value is -2.38. The van der Waals surface area contributed by atoms with Gasteiger partial charge in [0.15, 0.2) is 6.61 Å². The number of ether oxygens (including phenoxy) is 1. The lowest BCUT2D eigenvalue weighted by Gasteiger charge is -2.08. The summed E-state index contributed by atoms with van der Waals surface area (Å²) in [4.78, 5) is 26.8. The molecule has 1 atom stereocenters. The van der Waals surface area contributed by atoms with Gasteiger partial charge in [0.05, 0.1) is 11.8 Å². The minimum Gasteiger partial charge on any atom is -0.451 e. The first kappa shape index (κ1) is 19.0. The maximum absolute atomic E-state index is 13.6. The van der Waals surface area contributed by atoms with Crippen molar-refractivity contribution in [1.82, 2.24) is 4.98 Å². The van der Waals surface area contributed by atoms with E-state index in [1.807, 2.05) is 0 Å². The van der Waals surface area contributed by atoms with E-state index < -0.39 is 30.4 Å². The molecule has 8 heteroatoms. The number of aryl methyl sites for hydroxylation is 1. The number of carbonyl (C=O) groups is 2. The summed E-state index contributed by atoms with van der Waals surface area (Å²) in [5, 5.41) is 12.3. The van der Waals surface area contributed by atoms with Gasteiger partial charge in [-0.15, -0.1) is 0 Å². The number of aromatic amines is 1. The van der Waals surface area contributed by atoms with Gasteiger partial charge in [0, 0.05) is 16.3 Å².